The summed E-state index contributed by atoms with van der Waals surface area (Å²) in [6.45, 7) is 5.72. The molecule has 114 valence electrons. The molecule has 0 aliphatic rings. The normalized spacial score (nSPS) is 10.9. The Morgan fingerprint density at radius 3 is 2.86 bits per heavy atom. The van der Waals surface area contributed by atoms with E-state index in [1.807, 2.05) is 14.0 Å². The van der Waals surface area contributed by atoms with Gasteiger partial charge in [0, 0.05) is 13.6 Å². The van der Waals surface area contributed by atoms with Gasteiger partial charge in [-0.2, -0.15) is 5.10 Å². The van der Waals surface area contributed by atoms with Gasteiger partial charge in [0.25, 0.3) is 0 Å². The van der Waals surface area contributed by atoms with Crippen LogP contribution in [0.4, 0.5) is 4.39 Å². The van der Waals surface area contributed by atoms with Crippen molar-refractivity contribution in [1.82, 2.24) is 15.1 Å². The predicted molar refractivity (Wildman–Crippen MR) is 84.1 cm³/mol. The number of ether oxygens (including phenoxy) is 1. The molecule has 0 fully saturated rings. The van der Waals surface area contributed by atoms with Gasteiger partial charge in [-0.3, -0.25) is 0 Å². The Kier molecular flexibility index (Phi) is 5.36. The summed E-state index contributed by atoms with van der Waals surface area (Å²) < 4.78 is 21.3. The molecule has 1 heterocycles. The summed E-state index contributed by atoms with van der Waals surface area (Å²) >= 11 is 3.16. The second-order valence-electron chi connectivity index (χ2n) is 4.85. The molecule has 0 unspecified atom stereocenters. The van der Waals surface area contributed by atoms with E-state index in [-0.39, 0.29) is 5.82 Å². The van der Waals surface area contributed by atoms with Crippen LogP contribution in [-0.4, -0.2) is 16.3 Å². The van der Waals surface area contributed by atoms with Gasteiger partial charge in [-0.25, -0.2) is 9.07 Å². The second-order valence-corrected chi connectivity index (χ2v) is 5.70. The Morgan fingerprint density at radius 2 is 2.19 bits per heavy atom. The van der Waals surface area contributed by atoms with Gasteiger partial charge in [0.15, 0.2) is 0 Å². The van der Waals surface area contributed by atoms with Crippen molar-refractivity contribution in [1.29, 1.82) is 0 Å². The van der Waals surface area contributed by atoms with Crippen LogP contribution in [-0.2, 0) is 13.6 Å². The molecule has 4 nitrogen and oxygen atoms in total. The fraction of sp³-hybridized carbons (Fsp3) is 0.400. The molecule has 0 spiro atoms. The number of nitrogens with zero attached hydrogens (tertiary/aromatic N) is 2. The van der Waals surface area contributed by atoms with Crippen molar-refractivity contribution >= 4 is 15.9 Å². The number of halogens is 2. The quantitative estimate of drug-likeness (QED) is 0.798. The fourth-order valence-corrected chi connectivity index (χ4v) is 2.41. The van der Waals surface area contributed by atoms with E-state index in [2.05, 4.69) is 33.3 Å². The highest BCUT2D eigenvalue weighted by Gasteiger charge is 2.15. The zero-order chi connectivity index (χ0) is 15.4. The van der Waals surface area contributed by atoms with E-state index >= 15 is 0 Å². The van der Waals surface area contributed by atoms with Gasteiger partial charge in [0.2, 0.25) is 5.88 Å². The van der Waals surface area contributed by atoms with Crippen LogP contribution >= 0.6 is 15.9 Å². The number of hydrogen-bond acceptors (Lipinski definition) is 3. The SMILES string of the molecule is CCCNCc1c(C)nn(C)c1Oc1ccc(F)c(Br)c1. The lowest BCUT2D eigenvalue weighted by Crippen LogP contribution is -2.14. The Morgan fingerprint density at radius 1 is 1.43 bits per heavy atom. The average Bonchev–Trinajstić information content (AvgIpc) is 2.70. The maximum Gasteiger partial charge on any atom is 0.222 e. The topological polar surface area (TPSA) is 39.1 Å². The summed E-state index contributed by atoms with van der Waals surface area (Å²) in [5.41, 5.74) is 1.95. The molecule has 2 aromatic rings. The van der Waals surface area contributed by atoms with Gasteiger partial charge in [-0.05, 0) is 54.0 Å². The van der Waals surface area contributed by atoms with Crippen molar-refractivity contribution in [3.8, 4) is 11.6 Å². The number of aromatic nitrogens is 2. The zero-order valence-electron chi connectivity index (χ0n) is 12.4. The van der Waals surface area contributed by atoms with E-state index in [0.717, 1.165) is 24.2 Å². The van der Waals surface area contributed by atoms with Gasteiger partial charge < -0.3 is 10.1 Å². The van der Waals surface area contributed by atoms with Crippen LogP contribution < -0.4 is 10.1 Å². The molecule has 0 saturated carbocycles. The van der Waals surface area contributed by atoms with Crippen molar-refractivity contribution in [2.45, 2.75) is 26.8 Å². The molecule has 0 aliphatic carbocycles. The van der Waals surface area contributed by atoms with Crippen LogP contribution in [0.5, 0.6) is 11.6 Å². The van der Waals surface area contributed by atoms with Crippen molar-refractivity contribution in [2.75, 3.05) is 6.54 Å². The molecule has 21 heavy (non-hydrogen) atoms. The van der Waals surface area contributed by atoms with E-state index in [4.69, 9.17) is 4.74 Å². The van der Waals surface area contributed by atoms with Crippen molar-refractivity contribution in [3.63, 3.8) is 0 Å². The highest BCUT2D eigenvalue weighted by molar-refractivity contribution is 9.10. The number of hydrogen-bond donors (Lipinski definition) is 1. The highest BCUT2D eigenvalue weighted by Crippen LogP contribution is 2.29. The molecule has 1 aromatic heterocycles. The predicted octanol–water partition coefficient (Wildman–Crippen LogP) is 3.92. The summed E-state index contributed by atoms with van der Waals surface area (Å²) in [5.74, 6) is 0.936. The standard InChI is InChI=1S/C15H19BrFN3O/c1-4-7-18-9-12-10(2)19-20(3)15(12)21-11-5-6-14(17)13(16)8-11/h5-6,8,18H,4,7,9H2,1-3H3. The smallest absolute Gasteiger partial charge is 0.222 e. The molecule has 0 radical (unpaired) electrons. The Balaban J connectivity index is 2.23. The lowest BCUT2D eigenvalue weighted by molar-refractivity contribution is 0.422. The van der Waals surface area contributed by atoms with Gasteiger partial charge in [0.1, 0.15) is 11.6 Å². The lowest BCUT2D eigenvalue weighted by Gasteiger charge is -2.10. The van der Waals surface area contributed by atoms with E-state index in [9.17, 15) is 4.39 Å². The molecular formula is C15H19BrFN3O. The number of aryl methyl sites for hydroxylation is 2. The van der Waals surface area contributed by atoms with Gasteiger partial charge >= 0.3 is 0 Å². The lowest BCUT2D eigenvalue weighted by atomic mass is 10.2. The van der Waals surface area contributed by atoms with Crippen LogP contribution in [0.15, 0.2) is 22.7 Å². The third kappa shape index (κ3) is 3.83. The van der Waals surface area contributed by atoms with Crippen LogP contribution in [0.3, 0.4) is 0 Å². The summed E-state index contributed by atoms with van der Waals surface area (Å²) in [6.07, 6.45) is 1.07. The maximum atomic E-state index is 13.3. The summed E-state index contributed by atoms with van der Waals surface area (Å²) in [5, 5.41) is 7.74. The Hall–Kier alpha value is -1.40. The first-order valence-electron chi connectivity index (χ1n) is 6.89. The molecule has 0 bridgehead atoms. The third-order valence-electron chi connectivity index (χ3n) is 3.12. The summed E-state index contributed by atoms with van der Waals surface area (Å²) in [6, 6.07) is 4.59. The van der Waals surface area contributed by atoms with Gasteiger partial charge in [0.05, 0.1) is 15.7 Å². The molecule has 2 rings (SSSR count). The molecular weight excluding hydrogens is 337 g/mol. The van der Waals surface area contributed by atoms with Crippen molar-refractivity contribution < 1.29 is 9.13 Å². The average molecular weight is 356 g/mol. The monoisotopic (exact) mass is 355 g/mol. The highest BCUT2D eigenvalue weighted by atomic mass is 79.9. The largest absolute Gasteiger partial charge is 0.439 e. The third-order valence-corrected chi connectivity index (χ3v) is 3.73. The van der Waals surface area contributed by atoms with Crippen molar-refractivity contribution in [3.05, 3.63) is 39.7 Å². The number of nitrogens with one attached hydrogen (secondary N) is 1. The molecule has 0 atom stereocenters. The second kappa shape index (κ2) is 7.04. The molecule has 1 aromatic carbocycles. The van der Waals surface area contributed by atoms with E-state index in [1.54, 1.807) is 16.8 Å². The summed E-state index contributed by atoms with van der Waals surface area (Å²) in [4.78, 5) is 0. The molecule has 6 heteroatoms. The molecule has 0 amide bonds. The van der Waals surface area contributed by atoms with Crippen LogP contribution in [0, 0.1) is 12.7 Å². The van der Waals surface area contributed by atoms with E-state index in [0.29, 0.717) is 22.6 Å². The Bertz CT molecular complexity index is 628. The Labute approximate surface area is 132 Å². The molecule has 0 saturated heterocycles. The molecule has 0 aliphatic heterocycles. The molecule has 1 N–H and O–H groups in total. The minimum Gasteiger partial charge on any atom is -0.439 e. The minimum absolute atomic E-state index is 0.312. The zero-order valence-corrected chi connectivity index (χ0v) is 14.0. The van der Waals surface area contributed by atoms with Crippen LogP contribution in [0.25, 0.3) is 0 Å². The van der Waals surface area contributed by atoms with Crippen molar-refractivity contribution in [2.24, 2.45) is 7.05 Å². The number of benzene rings is 1. The fourth-order valence-electron chi connectivity index (χ4n) is 2.05. The first kappa shape index (κ1) is 16.0. The van der Waals surface area contributed by atoms with E-state index in [1.165, 1.54) is 6.07 Å². The van der Waals surface area contributed by atoms with Gasteiger partial charge in [-0.15, -0.1) is 0 Å². The number of rotatable bonds is 6. The maximum absolute atomic E-state index is 13.3. The minimum atomic E-state index is -0.312. The first-order chi connectivity index (χ1) is 10.0. The first-order valence-corrected chi connectivity index (χ1v) is 7.68. The van der Waals surface area contributed by atoms with Crippen LogP contribution in [0.1, 0.15) is 24.6 Å². The van der Waals surface area contributed by atoms with Gasteiger partial charge in [-0.1, -0.05) is 6.92 Å². The van der Waals surface area contributed by atoms with E-state index < -0.39 is 0 Å². The summed E-state index contributed by atoms with van der Waals surface area (Å²) in [7, 11) is 1.84. The van der Waals surface area contributed by atoms with Crippen LogP contribution in [0.2, 0.25) is 0 Å².